The standard InChI is InChI=1S/C15H18N4O2/c16-15(8-2-1-3-9-15)14(20)18-12-6-4-11(5-7-12)13-19-17-10-21-13/h4-7,10H,1-3,8-9,16H2,(H,18,20). The summed E-state index contributed by atoms with van der Waals surface area (Å²) in [4.78, 5) is 12.3. The average Bonchev–Trinajstić information content (AvgIpc) is 3.03. The maximum absolute atomic E-state index is 12.3. The van der Waals surface area contributed by atoms with Crippen molar-refractivity contribution in [2.75, 3.05) is 5.32 Å². The first kappa shape index (κ1) is 13.8. The number of hydrogen-bond acceptors (Lipinski definition) is 5. The molecule has 6 nitrogen and oxygen atoms in total. The van der Waals surface area contributed by atoms with Crippen molar-refractivity contribution >= 4 is 11.6 Å². The number of nitrogens with one attached hydrogen (secondary N) is 1. The molecular weight excluding hydrogens is 268 g/mol. The zero-order valence-electron chi connectivity index (χ0n) is 11.7. The van der Waals surface area contributed by atoms with Crippen LogP contribution in [-0.4, -0.2) is 21.6 Å². The normalized spacial score (nSPS) is 17.4. The van der Waals surface area contributed by atoms with Crippen molar-refractivity contribution in [2.24, 2.45) is 5.73 Å². The lowest BCUT2D eigenvalue weighted by molar-refractivity contribution is -0.122. The lowest BCUT2D eigenvalue weighted by Crippen LogP contribution is -2.52. The zero-order valence-corrected chi connectivity index (χ0v) is 11.7. The highest BCUT2D eigenvalue weighted by Crippen LogP contribution is 2.27. The van der Waals surface area contributed by atoms with Crippen LogP contribution in [0.15, 0.2) is 35.1 Å². The Labute approximate surface area is 122 Å². The number of nitrogens with zero attached hydrogens (tertiary/aromatic N) is 2. The minimum absolute atomic E-state index is 0.104. The first-order valence-electron chi connectivity index (χ1n) is 7.14. The minimum Gasteiger partial charge on any atom is -0.423 e. The summed E-state index contributed by atoms with van der Waals surface area (Å²) in [6, 6.07) is 7.27. The van der Waals surface area contributed by atoms with Crippen LogP contribution in [0, 0.1) is 0 Å². The van der Waals surface area contributed by atoms with E-state index in [0.717, 1.165) is 43.4 Å². The second-order valence-corrected chi connectivity index (χ2v) is 5.49. The van der Waals surface area contributed by atoms with Crippen molar-refractivity contribution in [3.63, 3.8) is 0 Å². The van der Waals surface area contributed by atoms with Gasteiger partial charge in [0.1, 0.15) is 0 Å². The van der Waals surface area contributed by atoms with Gasteiger partial charge in [0.15, 0.2) is 0 Å². The fraction of sp³-hybridized carbons (Fsp3) is 0.400. The third kappa shape index (κ3) is 2.95. The Morgan fingerprint density at radius 1 is 1.19 bits per heavy atom. The molecule has 0 radical (unpaired) electrons. The molecule has 3 rings (SSSR count). The van der Waals surface area contributed by atoms with Crippen LogP contribution in [-0.2, 0) is 4.79 Å². The lowest BCUT2D eigenvalue weighted by atomic mass is 9.82. The Bertz CT molecular complexity index is 601. The summed E-state index contributed by atoms with van der Waals surface area (Å²) in [6.07, 6.45) is 5.97. The molecule has 1 heterocycles. The molecule has 0 atom stereocenters. The molecular formula is C15H18N4O2. The monoisotopic (exact) mass is 286 g/mol. The summed E-state index contributed by atoms with van der Waals surface area (Å²) in [5, 5.41) is 10.4. The van der Waals surface area contributed by atoms with E-state index in [9.17, 15) is 4.79 Å². The molecule has 0 unspecified atom stereocenters. The highest BCUT2D eigenvalue weighted by molar-refractivity contribution is 5.98. The Hall–Kier alpha value is -2.21. The molecule has 1 saturated carbocycles. The second kappa shape index (κ2) is 5.65. The summed E-state index contributed by atoms with van der Waals surface area (Å²) >= 11 is 0. The van der Waals surface area contributed by atoms with Crippen molar-refractivity contribution in [1.82, 2.24) is 10.2 Å². The molecule has 2 aromatic rings. The van der Waals surface area contributed by atoms with E-state index in [1.165, 1.54) is 6.39 Å². The van der Waals surface area contributed by atoms with Gasteiger partial charge in [-0.15, -0.1) is 10.2 Å². The van der Waals surface area contributed by atoms with E-state index in [1.807, 2.05) is 24.3 Å². The van der Waals surface area contributed by atoms with Crippen molar-refractivity contribution in [1.29, 1.82) is 0 Å². The van der Waals surface area contributed by atoms with Gasteiger partial charge >= 0.3 is 0 Å². The van der Waals surface area contributed by atoms with Crippen LogP contribution in [0.25, 0.3) is 11.5 Å². The van der Waals surface area contributed by atoms with Crippen molar-refractivity contribution < 1.29 is 9.21 Å². The van der Waals surface area contributed by atoms with Gasteiger partial charge in [-0.3, -0.25) is 4.79 Å². The molecule has 1 amide bonds. The van der Waals surface area contributed by atoms with Gasteiger partial charge in [0.25, 0.3) is 0 Å². The molecule has 21 heavy (non-hydrogen) atoms. The summed E-state index contributed by atoms with van der Waals surface area (Å²) in [5.41, 5.74) is 7.01. The number of carbonyl (C=O) groups excluding carboxylic acids is 1. The number of rotatable bonds is 3. The van der Waals surface area contributed by atoms with Gasteiger partial charge in [0.05, 0.1) is 5.54 Å². The highest BCUT2D eigenvalue weighted by Gasteiger charge is 2.35. The number of amides is 1. The predicted octanol–water partition coefficient (Wildman–Crippen LogP) is 2.34. The van der Waals surface area contributed by atoms with E-state index >= 15 is 0 Å². The van der Waals surface area contributed by atoms with Crippen molar-refractivity contribution in [2.45, 2.75) is 37.6 Å². The molecule has 0 bridgehead atoms. The topological polar surface area (TPSA) is 94.0 Å². The van der Waals surface area contributed by atoms with Crippen molar-refractivity contribution in [3.05, 3.63) is 30.7 Å². The molecule has 1 aromatic carbocycles. The van der Waals surface area contributed by atoms with Gasteiger partial charge in [-0.2, -0.15) is 0 Å². The number of carbonyl (C=O) groups is 1. The maximum Gasteiger partial charge on any atom is 0.247 e. The molecule has 6 heteroatoms. The molecule has 0 spiro atoms. The molecule has 110 valence electrons. The molecule has 1 aliphatic rings. The minimum atomic E-state index is -0.733. The Balaban J connectivity index is 1.69. The lowest BCUT2D eigenvalue weighted by Gasteiger charge is -2.31. The van der Waals surface area contributed by atoms with Crippen LogP contribution in [0.3, 0.4) is 0 Å². The van der Waals surface area contributed by atoms with E-state index < -0.39 is 5.54 Å². The summed E-state index contributed by atoms with van der Waals surface area (Å²) in [6.45, 7) is 0. The van der Waals surface area contributed by atoms with Crippen LogP contribution in [0.2, 0.25) is 0 Å². The number of nitrogens with two attached hydrogens (primary N) is 1. The SMILES string of the molecule is NC1(C(=O)Nc2ccc(-c3nnco3)cc2)CCCCC1. The van der Waals surface area contributed by atoms with Crippen LogP contribution < -0.4 is 11.1 Å². The van der Waals surface area contributed by atoms with Crippen LogP contribution in [0.1, 0.15) is 32.1 Å². The van der Waals surface area contributed by atoms with Crippen molar-refractivity contribution in [3.8, 4) is 11.5 Å². The maximum atomic E-state index is 12.3. The number of aromatic nitrogens is 2. The summed E-state index contributed by atoms with van der Waals surface area (Å²) in [5.74, 6) is 0.350. The van der Waals surface area contributed by atoms with Gasteiger partial charge in [0, 0.05) is 11.3 Å². The summed E-state index contributed by atoms with van der Waals surface area (Å²) < 4.78 is 5.12. The molecule has 0 aliphatic heterocycles. The van der Waals surface area contributed by atoms with E-state index in [2.05, 4.69) is 15.5 Å². The average molecular weight is 286 g/mol. The number of benzene rings is 1. The highest BCUT2D eigenvalue weighted by atomic mass is 16.4. The molecule has 1 fully saturated rings. The van der Waals surface area contributed by atoms with Gasteiger partial charge < -0.3 is 15.5 Å². The largest absolute Gasteiger partial charge is 0.423 e. The van der Waals surface area contributed by atoms with Crippen LogP contribution >= 0.6 is 0 Å². The Kier molecular flexibility index (Phi) is 3.70. The van der Waals surface area contributed by atoms with E-state index in [1.54, 1.807) is 0 Å². The molecule has 1 aromatic heterocycles. The van der Waals surface area contributed by atoms with Gasteiger partial charge in [0.2, 0.25) is 18.2 Å². The Morgan fingerprint density at radius 3 is 2.52 bits per heavy atom. The number of anilines is 1. The quantitative estimate of drug-likeness (QED) is 0.903. The van der Waals surface area contributed by atoms with Gasteiger partial charge in [-0.05, 0) is 37.1 Å². The van der Waals surface area contributed by atoms with Crippen LogP contribution in [0.4, 0.5) is 5.69 Å². The van der Waals surface area contributed by atoms with Gasteiger partial charge in [-0.25, -0.2) is 0 Å². The number of hydrogen-bond donors (Lipinski definition) is 2. The predicted molar refractivity (Wildman–Crippen MR) is 78.4 cm³/mol. The summed E-state index contributed by atoms with van der Waals surface area (Å²) in [7, 11) is 0. The molecule has 1 aliphatic carbocycles. The smallest absolute Gasteiger partial charge is 0.247 e. The third-order valence-electron chi connectivity index (χ3n) is 3.95. The zero-order chi connectivity index (χ0) is 14.7. The second-order valence-electron chi connectivity index (χ2n) is 5.49. The molecule has 0 saturated heterocycles. The van der Waals surface area contributed by atoms with E-state index in [-0.39, 0.29) is 5.91 Å². The van der Waals surface area contributed by atoms with E-state index in [4.69, 9.17) is 10.2 Å². The first-order valence-corrected chi connectivity index (χ1v) is 7.14. The third-order valence-corrected chi connectivity index (χ3v) is 3.95. The first-order chi connectivity index (χ1) is 10.2. The fourth-order valence-corrected chi connectivity index (χ4v) is 2.66. The van der Waals surface area contributed by atoms with E-state index in [0.29, 0.717) is 5.89 Å². The fourth-order valence-electron chi connectivity index (χ4n) is 2.66. The van der Waals surface area contributed by atoms with Gasteiger partial charge in [-0.1, -0.05) is 19.3 Å². The van der Waals surface area contributed by atoms with Crippen LogP contribution in [0.5, 0.6) is 0 Å². The Morgan fingerprint density at radius 2 is 1.90 bits per heavy atom. The molecule has 3 N–H and O–H groups in total.